The standard InChI is InChI=1S/C20H29F2N3O4S/c1-19(2)13-20(14-25(19)30(3,27)28)8-10-24(11-9-20)12-17(26)23-15-4-6-16(7-5-15)29-18(21)22/h4-7,18H,8-14H2,1-3H3,(H,23,26). The van der Waals surface area contributed by atoms with Crippen LogP contribution in [0, 0.1) is 5.41 Å². The molecule has 10 heteroatoms. The second kappa shape index (κ2) is 8.39. The topological polar surface area (TPSA) is 79.0 Å². The molecule has 1 aromatic carbocycles. The van der Waals surface area contributed by atoms with Crippen molar-refractivity contribution in [1.82, 2.24) is 9.21 Å². The third-order valence-electron chi connectivity index (χ3n) is 6.01. The van der Waals surface area contributed by atoms with Crippen LogP contribution in [0.5, 0.6) is 5.75 Å². The molecule has 2 saturated heterocycles. The summed E-state index contributed by atoms with van der Waals surface area (Å²) in [4.78, 5) is 14.4. The molecule has 0 bridgehead atoms. The minimum absolute atomic E-state index is 0.0342. The number of hydrogen-bond donors (Lipinski definition) is 1. The summed E-state index contributed by atoms with van der Waals surface area (Å²) in [5, 5.41) is 2.76. The van der Waals surface area contributed by atoms with Gasteiger partial charge in [-0.05, 0) is 75.9 Å². The van der Waals surface area contributed by atoms with Crippen LogP contribution in [0.4, 0.5) is 14.5 Å². The highest BCUT2D eigenvalue weighted by atomic mass is 32.2. The molecule has 0 radical (unpaired) electrons. The van der Waals surface area contributed by atoms with Gasteiger partial charge in [-0.3, -0.25) is 9.69 Å². The lowest BCUT2D eigenvalue weighted by atomic mass is 9.74. The number of rotatable bonds is 6. The molecule has 30 heavy (non-hydrogen) atoms. The van der Waals surface area contributed by atoms with E-state index in [9.17, 15) is 22.0 Å². The van der Waals surface area contributed by atoms with Gasteiger partial charge in [-0.2, -0.15) is 13.1 Å². The number of likely N-dealkylation sites (tertiary alicyclic amines) is 1. The molecule has 1 N–H and O–H groups in total. The van der Waals surface area contributed by atoms with E-state index in [0.717, 1.165) is 32.4 Å². The smallest absolute Gasteiger partial charge is 0.387 e. The van der Waals surface area contributed by atoms with Crippen molar-refractivity contribution in [2.75, 3.05) is 37.8 Å². The number of piperidine rings is 1. The summed E-state index contributed by atoms with van der Waals surface area (Å²) >= 11 is 0. The maximum absolute atomic E-state index is 12.4. The summed E-state index contributed by atoms with van der Waals surface area (Å²) in [6.07, 6.45) is 3.77. The van der Waals surface area contributed by atoms with Crippen LogP contribution in [0.3, 0.4) is 0 Å². The Hall–Kier alpha value is -1.78. The number of benzene rings is 1. The van der Waals surface area contributed by atoms with Gasteiger partial charge in [0.15, 0.2) is 0 Å². The van der Waals surface area contributed by atoms with E-state index < -0.39 is 22.2 Å². The first-order valence-electron chi connectivity index (χ1n) is 9.94. The van der Waals surface area contributed by atoms with Crippen molar-refractivity contribution >= 4 is 21.6 Å². The molecule has 2 aliphatic heterocycles. The molecule has 0 atom stereocenters. The maximum atomic E-state index is 12.4. The predicted octanol–water partition coefficient (Wildman–Crippen LogP) is 2.75. The predicted molar refractivity (Wildman–Crippen MR) is 110 cm³/mol. The zero-order chi connectivity index (χ0) is 22.2. The third kappa shape index (κ3) is 5.47. The quantitative estimate of drug-likeness (QED) is 0.729. The van der Waals surface area contributed by atoms with Crippen molar-refractivity contribution in [3.63, 3.8) is 0 Å². The van der Waals surface area contributed by atoms with Gasteiger partial charge in [-0.1, -0.05) is 0 Å². The first-order chi connectivity index (χ1) is 13.9. The fourth-order valence-corrected chi connectivity index (χ4v) is 6.26. The largest absolute Gasteiger partial charge is 0.435 e. The van der Waals surface area contributed by atoms with Gasteiger partial charge in [-0.25, -0.2) is 8.42 Å². The number of carbonyl (C=O) groups is 1. The molecule has 1 aromatic rings. The van der Waals surface area contributed by atoms with E-state index in [-0.39, 0.29) is 23.6 Å². The number of carbonyl (C=O) groups excluding carboxylic acids is 1. The Morgan fingerprint density at radius 3 is 2.30 bits per heavy atom. The monoisotopic (exact) mass is 445 g/mol. The van der Waals surface area contributed by atoms with Gasteiger partial charge in [0, 0.05) is 17.8 Å². The lowest BCUT2D eigenvalue weighted by molar-refractivity contribution is -0.117. The van der Waals surface area contributed by atoms with Gasteiger partial charge < -0.3 is 10.1 Å². The number of sulfonamides is 1. The van der Waals surface area contributed by atoms with Crippen molar-refractivity contribution < 1.29 is 26.7 Å². The molecule has 168 valence electrons. The van der Waals surface area contributed by atoms with E-state index in [2.05, 4.69) is 15.0 Å². The number of nitrogens with zero attached hydrogens (tertiary/aromatic N) is 2. The molecule has 7 nitrogen and oxygen atoms in total. The van der Waals surface area contributed by atoms with Crippen LogP contribution in [0.1, 0.15) is 33.1 Å². The van der Waals surface area contributed by atoms with E-state index >= 15 is 0 Å². The Bertz CT molecular complexity index is 867. The van der Waals surface area contributed by atoms with Gasteiger partial charge in [0.1, 0.15) is 5.75 Å². The van der Waals surface area contributed by atoms with Crippen molar-refractivity contribution in [2.45, 2.75) is 45.3 Å². The zero-order valence-electron chi connectivity index (χ0n) is 17.5. The van der Waals surface area contributed by atoms with Gasteiger partial charge in [0.2, 0.25) is 15.9 Å². The summed E-state index contributed by atoms with van der Waals surface area (Å²) in [7, 11) is -3.26. The van der Waals surface area contributed by atoms with Crippen LogP contribution in [0.25, 0.3) is 0 Å². The SMILES string of the molecule is CC1(C)CC2(CCN(CC(=O)Nc3ccc(OC(F)F)cc3)CC2)CN1S(C)(=O)=O. The molecule has 0 aliphatic carbocycles. The first kappa shape index (κ1) is 22.9. The van der Waals surface area contributed by atoms with Crippen LogP contribution in [0.2, 0.25) is 0 Å². The lowest BCUT2D eigenvalue weighted by Gasteiger charge is -2.39. The van der Waals surface area contributed by atoms with Crippen LogP contribution < -0.4 is 10.1 Å². The van der Waals surface area contributed by atoms with Crippen molar-refractivity contribution in [3.05, 3.63) is 24.3 Å². The summed E-state index contributed by atoms with van der Waals surface area (Å²) < 4.78 is 54.6. The molecule has 0 unspecified atom stereocenters. The fraction of sp³-hybridized carbons (Fsp3) is 0.650. The van der Waals surface area contributed by atoms with Crippen LogP contribution >= 0.6 is 0 Å². The summed E-state index contributed by atoms with van der Waals surface area (Å²) in [5.41, 5.74) is 0.0735. The highest BCUT2D eigenvalue weighted by Crippen LogP contribution is 2.48. The average molecular weight is 446 g/mol. The fourth-order valence-electron chi connectivity index (χ4n) is 4.79. The van der Waals surface area contributed by atoms with E-state index in [1.165, 1.54) is 30.5 Å². The molecule has 0 saturated carbocycles. The van der Waals surface area contributed by atoms with Crippen molar-refractivity contribution in [1.29, 1.82) is 0 Å². The molecule has 2 fully saturated rings. The van der Waals surface area contributed by atoms with Gasteiger partial charge >= 0.3 is 6.61 Å². The second-order valence-corrected chi connectivity index (χ2v) is 10.9. The minimum atomic E-state index is -3.26. The maximum Gasteiger partial charge on any atom is 0.387 e. The molecule has 2 heterocycles. The first-order valence-corrected chi connectivity index (χ1v) is 11.8. The molecule has 1 spiro atoms. The van der Waals surface area contributed by atoms with Crippen molar-refractivity contribution in [2.24, 2.45) is 5.41 Å². The second-order valence-electron chi connectivity index (χ2n) is 8.99. The number of alkyl halides is 2. The molecule has 2 aliphatic rings. The van der Waals surface area contributed by atoms with Crippen LogP contribution in [-0.4, -0.2) is 68.1 Å². The summed E-state index contributed by atoms with van der Waals surface area (Å²) in [6.45, 7) is 3.27. The summed E-state index contributed by atoms with van der Waals surface area (Å²) in [6, 6.07) is 5.78. The summed E-state index contributed by atoms with van der Waals surface area (Å²) in [5.74, 6) is -0.148. The van der Waals surface area contributed by atoms with E-state index in [1.807, 2.05) is 13.8 Å². The third-order valence-corrected chi connectivity index (χ3v) is 7.43. The molecule has 3 rings (SSSR count). The van der Waals surface area contributed by atoms with Gasteiger partial charge in [0.05, 0.1) is 12.8 Å². The minimum Gasteiger partial charge on any atom is -0.435 e. The van der Waals surface area contributed by atoms with Crippen molar-refractivity contribution in [3.8, 4) is 5.75 Å². The van der Waals surface area contributed by atoms with E-state index in [1.54, 1.807) is 4.31 Å². The van der Waals surface area contributed by atoms with Crippen LogP contribution in [-0.2, 0) is 14.8 Å². The Labute approximate surface area is 176 Å². The van der Waals surface area contributed by atoms with Gasteiger partial charge in [0.25, 0.3) is 0 Å². The molecular weight excluding hydrogens is 416 g/mol. The highest BCUT2D eigenvalue weighted by Gasteiger charge is 2.52. The average Bonchev–Trinajstić information content (AvgIpc) is 2.89. The Morgan fingerprint density at radius 1 is 1.20 bits per heavy atom. The van der Waals surface area contributed by atoms with E-state index in [4.69, 9.17) is 0 Å². The Balaban J connectivity index is 1.51. The number of amides is 1. The Morgan fingerprint density at radius 2 is 1.80 bits per heavy atom. The van der Waals surface area contributed by atoms with Crippen LogP contribution in [0.15, 0.2) is 24.3 Å². The Kier molecular flexibility index (Phi) is 6.41. The lowest BCUT2D eigenvalue weighted by Crippen LogP contribution is -2.45. The normalized spacial score (nSPS) is 21.8. The van der Waals surface area contributed by atoms with Gasteiger partial charge in [-0.15, -0.1) is 0 Å². The zero-order valence-corrected chi connectivity index (χ0v) is 18.3. The number of nitrogens with one attached hydrogen (secondary N) is 1. The number of halogens is 2. The molecule has 0 aromatic heterocycles. The number of hydrogen-bond acceptors (Lipinski definition) is 5. The molecular formula is C20H29F2N3O4S. The molecule has 1 amide bonds. The van der Waals surface area contributed by atoms with E-state index in [0.29, 0.717) is 12.2 Å². The number of anilines is 1. The highest BCUT2D eigenvalue weighted by molar-refractivity contribution is 7.88. The number of ether oxygens (including phenoxy) is 1.